The Balaban J connectivity index is 2.30. The summed E-state index contributed by atoms with van der Waals surface area (Å²) in [6.07, 6.45) is -8.89. The molecule has 13 heteroatoms. The van der Waals surface area contributed by atoms with E-state index < -0.39 is 46.5 Å². The SMILES string of the molecule is COC(=O)c1nc(-c2ccc(C(F)(F)F)cc2C(F)(F)F)nc(N(C)c2ccco2)c1Cl. The first-order valence-electron chi connectivity index (χ1n) is 8.56. The molecule has 0 unspecified atom stereocenters. The predicted octanol–water partition coefficient (Wildman–Crippen LogP) is 5.98. The molecule has 0 amide bonds. The molecule has 2 heterocycles. The number of furan rings is 1. The van der Waals surface area contributed by atoms with Crippen LogP contribution in [0.2, 0.25) is 5.02 Å². The van der Waals surface area contributed by atoms with Crippen LogP contribution in [0.25, 0.3) is 11.4 Å². The number of carbonyl (C=O) groups excluding carboxylic acids is 1. The molecular weight excluding hydrogens is 468 g/mol. The lowest BCUT2D eigenvalue weighted by Crippen LogP contribution is -2.17. The molecule has 0 aliphatic carbocycles. The average molecular weight is 480 g/mol. The summed E-state index contributed by atoms with van der Waals surface area (Å²) in [6.45, 7) is 0. The van der Waals surface area contributed by atoms with Crippen molar-refractivity contribution in [3.63, 3.8) is 0 Å². The smallest absolute Gasteiger partial charge is 0.417 e. The largest absolute Gasteiger partial charge is 0.464 e. The first kappa shape index (κ1) is 23.4. The van der Waals surface area contributed by atoms with Crippen LogP contribution in [-0.2, 0) is 17.1 Å². The summed E-state index contributed by atoms with van der Waals surface area (Å²) in [6, 6.07) is 3.97. The zero-order chi connectivity index (χ0) is 23.8. The monoisotopic (exact) mass is 479 g/mol. The topological polar surface area (TPSA) is 68.5 Å². The van der Waals surface area contributed by atoms with Gasteiger partial charge >= 0.3 is 18.3 Å². The number of aromatic nitrogens is 2. The minimum absolute atomic E-state index is 0.0545. The van der Waals surface area contributed by atoms with Crippen LogP contribution in [0, 0.1) is 0 Å². The molecule has 6 nitrogen and oxygen atoms in total. The molecule has 0 saturated carbocycles. The highest BCUT2D eigenvalue weighted by atomic mass is 35.5. The maximum atomic E-state index is 13.6. The molecule has 0 saturated heterocycles. The second kappa shape index (κ2) is 8.34. The van der Waals surface area contributed by atoms with E-state index in [0.717, 1.165) is 7.11 Å². The van der Waals surface area contributed by atoms with Gasteiger partial charge in [-0.1, -0.05) is 11.6 Å². The van der Waals surface area contributed by atoms with Crippen LogP contribution in [0.5, 0.6) is 0 Å². The minimum atomic E-state index is -5.18. The van der Waals surface area contributed by atoms with Gasteiger partial charge < -0.3 is 9.15 Å². The number of nitrogens with zero attached hydrogens (tertiary/aromatic N) is 3. The summed E-state index contributed by atoms with van der Waals surface area (Å²) in [5.41, 5.74) is -4.53. The standard InChI is InChI=1S/C19H12ClF6N3O3/c1-29(12-4-3-7-32-12)16-13(20)14(17(30)31-2)27-15(28-16)10-6-5-9(18(21,22)23)8-11(10)19(24,25)26/h3-8H,1-2H3. The molecule has 0 spiro atoms. The molecule has 2 aromatic heterocycles. The zero-order valence-electron chi connectivity index (χ0n) is 16.2. The van der Waals surface area contributed by atoms with E-state index in [4.69, 9.17) is 16.0 Å². The van der Waals surface area contributed by atoms with Gasteiger partial charge in [0.1, 0.15) is 5.02 Å². The number of alkyl halides is 6. The number of halogens is 7. The molecule has 3 aromatic rings. The Morgan fingerprint density at radius 1 is 1.09 bits per heavy atom. The van der Waals surface area contributed by atoms with Crippen molar-refractivity contribution in [2.75, 3.05) is 19.1 Å². The molecule has 0 bridgehead atoms. The molecule has 0 aliphatic heterocycles. The molecule has 0 fully saturated rings. The summed E-state index contributed by atoms with van der Waals surface area (Å²) < 4.78 is 89.6. The lowest BCUT2D eigenvalue weighted by molar-refractivity contribution is -0.142. The van der Waals surface area contributed by atoms with Crippen LogP contribution >= 0.6 is 11.6 Å². The average Bonchev–Trinajstić information content (AvgIpc) is 3.26. The van der Waals surface area contributed by atoms with Crippen molar-refractivity contribution in [1.82, 2.24) is 9.97 Å². The number of rotatable bonds is 4. The summed E-state index contributed by atoms with van der Waals surface area (Å²) in [5, 5.41) is -0.361. The van der Waals surface area contributed by atoms with Gasteiger partial charge in [0.2, 0.25) is 5.88 Å². The highest BCUT2D eigenvalue weighted by molar-refractivity contribution is 6.35. The van der Waals surface area contributed by atoms with Gasteiger partial charge in [-0.05, 0) is 24.3 Å². The Hall–Kier alpha value is -3.28. The molecule has 0 atom stereocenters. The van der Waals surface area contributed by atoms with Gasteiger partial charge in [0.05, 0.1) is 24.5 Å². The second-order valence-corrected chi connectivity index (χ2v) is 6.67. The van der Waals surface area contributed by atoms with Gasteiger partial charge in [-0.3, -0.25) is 4.90 Å². The van der Waals surface area contributed by atoms with E-state index in [1.54, 1.807) is 0 Å². The minimum Gasteiger partial charge on any atom is -0.464 e. The number of methoxy groups -OCH3 is 1. The van der Waals surface area contributed by atoms with E-state index in [1.807, 2.05) is 0 Å². The van der Waals surface area contributed by atoms with E-state index in [9.17, 15) is 31.1 Å². The van der Waals surface area contributed by atoms with Crippen LogP contribution in [0.3, 0.4) is 0 Å². The number of esters is 1. The van der Waals surface area contributed by atoms with Crippen molar-refractivity contribution < 1.29 is 40.3 Å². The predicted molar refractivity (Wildman–Crippen MR) is 101 cm³/mol. The normalized spacial score (nSPS) is 12.0. The number of hydrogen-bond acceptors (Lipinski definition) is 6. The van der Waals surface area contributed by atoms with Crippen molar-refractivity contribution in [2.45, 2.75) is 12.4 Å². The molecule has 32 heavy (non-hydrogen) atoms. The van der Waals surface area contributed by atoms with Crippen molar-refractivity contribution in [3.8, 4) is 11.4 Å². The number of anilines is 2. The number of carbonyl (C=O) groups is 1. The van der Waals surface area contributed by atoms with Crippen LogP contribution < -0.4 is 4.90 Å². The van der Waals surface area contributed by atoms with Crippen LogP contribution in [-0.4, -0.2) is 30.1 Å². The third-order valence-corrected chi connectivity index (χ3v) is 4.61. The summed E-state index contributed by atoms with van der Waals surface area (Å²) in [5.74, 6) is -1.85. The number of hydrogen-bond donors (Lipinski definition) is 0. The van der Waals surface area contributed by atoms with Crippen molar-refractivity contribution in [1.29, 1.82) is 0 Å². The van der Waals surface area contributed by atoms with E-state index in [-0.39, 0.29) is 22.8 Å². The van der Waals surface area contributed by atoms with Crippen LogP contribution in [0.1, 0.15) is 21.6 Å². The maximum absolute atomic E-state index is 13.6. The Kier molecular flexibility index (Phi) is 6.09. The molecule has 170 valence electrons. The van der Waals surface area contributed by atoms with Gasteiger partial charge in [0.25, 0.3) is 0 Å². The van der Waals surface area contributed by atoms with E-state index >= 15 is 0 Å². The quantitative estimate of drug-likeness (QED) is 0.338. The fourth-order valence-electron chi connectivity index (χ4n) is 2.73. The summed E-state index contributed by atoms with van der Waals surface area (Å²) >= 11 is 6.19. The van der Waals surface area contributed by atoms with Gasteiger partial charge in [-0.2, -0.15) is 26.3 Å². The number of benzene rings is 1. The van der Waals surface area contributed by atoms with Gasteiger partial charge in [-0.25, -0.2) is 14.8 Å². The maximum Gasteiger partial charge on any atom is 0.417 e. The number of ether oxygens (including phenoxy) is 1. The van der Waals surface area contributed by atoms with E-state index in [2.05, 4.69) is 14.7 Å². The highest BCUT2D eigenvalue weighted by Gasteiger charge is 2.39. The lowest BCUT2D eigenvalue weighted by Gasteiger charge is -2.20. The van der Waals surface area contributed by atoms with E-state index in [0.29, 0.717) is 12.1 Å². The Morgan fingerprint density at radius 2 is 1.78 bits per heavy atom. The van der Waals surface area contributed by atoms with E-state index in [1.165, 1.54) is 30.3 Å². The van der Waals surface area contributed by atoms with Gasteiger partial charge in [-0.15, -0.1) is 0 Å². The van der Waals surface area contributed by atoms with Crippen molar-refractivity contribution >= 4 is 29.3 Å². The van der Waals surface area contributed by atoms with Crippen molar-refractivity contribution in [3.05, 3.63) is 58.4 Å². The van der Waals surface area contributed by atoms with Gasteiger partial charge in [0, 0.05) is 18.7 Å². The Labute approximate surface area is 181 Å². The third-order valence-electron chi connectivity index (χ3n) is 4.26. The third kappa shape index (κ3) is 4.49. The zero-order valence-corrected chi connectivity index (χ0v) is 16.9. The molecule has 3 rings (SSSR count). The lowest BCUT2D eigenvalue weighted by atomic mass is 10.0. The fraction of sp³-hybridized carbons (Fsp3) is 0.211. The first-order chi connectivity index (χ1) is 14.8. The molecular formula is C19H12ClF6N3O3. The highest BCUT2D eigenvalue weighted by Crippen LogP contribution is 2.41. The summed E-state index contributed by atoms with van der Waals surface area (Å²) in [4.78, 5) is 21.1. The Bertz CT molecular complexity index is 1150. The van der Waals surface area contributed by atoms with Crippen LogP contribution in [0.4, 0.5) is 38.0 Å². The molecule has 0 radical (unpaired) electrons. The molecule has 0 N–H and O–H groups in total. The first-order valence-corrected chi connectivity index (χ1v) is 8.94. The fourth-order valence-corrected chi connectivity index (χ4v) is 3.01. The molecule has 0 aliphatic rings. The molecule has 1 aromatic carbocycles. The van der Waals surface area contributed by atoms with Crippen molar-refractivity contribution in [2.24, 2.45) is 0 Å². The Morgan fingerprint density at radius 3 is 2.31 bits per heavy atom. The summed E-state index contributed by atoms with van der Waals surface area (Å²) in [7, 11) is 2.39. The van der Waals surface area contributed by atoms with Gasteiger partial charge in [0.15, 0.2) is 17.3 Å². The second-order valence-electron chi connectivity index (χ2n) is 6.29. The van der Waals surface area contributed by atoms with Crippen LogP contribution in [0.15, 0.2) is 41.0 Å².